The van der Waals surface area contributed by atoms with Gasteiger partial charge in [0, 0.05) is 5.92 Å². The third-order valence-corrected chi connectivity index (χ3v) is 5.08. The van der Waals surface area contributed by atoms with E-state index in [1.165, 1.54) is 16.7 Å². The van der Waals surface area contributed by atoms with E-state index in [0.29, 0.717) is 11.5 Å². The first kappa shape index (κ1) is 15.8. The summed E-state index contributed by atoms with van der Waals surface area (Å²) in [6.45, 7) is 2.18. The van der Waals surface area contributed by atoms with Crippen LogP contribution in [0.2, 0.25) is 0 Å². The van der Waals surface area contributed by atoms with Crippen LogP contribution in [0.4, 0.5) is 0 Å². The maximum Gasteiger partial charge on any atom is 0.130 e. The smallest absolute Gasteiger partial charge is 0.130 e. The average molecular weight is 331 g/mol. The van der Waals surface area contributed by atoms with E-state index in [-0.39, 0.29) is 6.10 Å². The highest BCUT2D eigenvalue weighted by molar-refractivity contribution is 5.47. The summed E-state index contributed by atoms with van der Waals surface area (Å²) >= 11 is 0. The summed E-state index contributed by atoms with van der Waals surface area (Å²) in [4.78, 5) is 0. The van der Waals surface area contributed by atoms with Crippen molar-refractivity contribution < 1.29 is 9.47 Å². The highest BCUT2D eigenvalue weighted by Gasteiger charge is 2.31. The summed E-state index contributed by atoms with van der Waals surface area (Å²) in [5, 5.41) is 9.13. The molecule has 2 aromatic rings. The van der Waals surface area contributed by atoms with Gasteiger partial charge in [-0.25, -0.2) is 0 Å². The number of hydrogen-bond donors (Lipinski definition) is 0. The van der Waals surface area contributed by atoms with Crippen molar-refractivity contribution in [3.63, 3.8) is 0 Å². The number of nitrogens with zero attached hydrogens (tertiary/aromatic N) is 1. The summed E-state index contributed by atoms with van der Waals surface area (Å²) in [5.41, 5.74) is 4.33. The van der Waals surface area contributed by atoms with Gasteiger partial charge in [0.15, 0.2) is 0 Å². The fourth-order valence-electron chi connectivity index (χ4n) is 3.77. The SMILES string of the molecule is CCCC1Oc2cc(C#N)ccc2CC1c1ccc2c(c1)OC=CC2. The van der Waals surface area contributed by atoms with Crippen LogP contribution in [-0.2, 0) is 12.8 Å². The van der Waals surface area contributed by atoms with Crippen molar-refractivity contribution in [2.45, 2.75) is 44.6 Å². The number of allylic oxidation sites excluding steroid dienone is 1. The minimum absolute atomic E-state index is 0.128. The third-order valence-electron chi connectivity index (χ3n) is 5.08. The predicted octanol–water partition coefficient (Wildman–Crippen LogP) is 4.89. The number of fused-ring (bicyclic) bond motifs is 2. The van der Waals surface area contributed by atoms with Gasteiger partial charge in [-0.3, -0.25) is 0 Å². The Morgan fingerprint density at radius 2 is 2.00 bits per heavy atom. The average Bonchev–Trinajstić information content (AvgIpc) is 2.67. The van der Waals surface area contributed by atoms with Crippen molar-refractivity contribution in [1.82, 2.24) is 0 Å². The van der Waals surface area contributed by atoms with E-state index in [2.05, 4.69) is 31.2 Å². The topological polar surface area (TPSA) is 42.2 Å². The molecule has 0 N–H and O–H groups in total. The first-order valence-electron chi connectivity index (χ1n) is 8.92. The Hall–Kier alpha value is -2.73. The van der Waals surface area contributed by atoms with Crippen molar-refractivity contribution in [3.05, 3.63) is 71.0 Å². The lowest BCUT2D eigenvalue weighted by Crippen LogP contribution is -2.31. The summed E-state index contributed by atoms with van der Waals surface area (Å²) in [5.74, 6) is 2.13. The molecular weight excluding hydrogens is 310 g/mol. The molecule has 2 aromatic carbocycles. The van der Waals surface area contributed by atoms with Gasteiger partial charge in [-0.1, -0.05) is 31.5 Å². The Bertz CT molecular complexity index is 863. The Balaban J connectivity index is 1.69. The molecule has 3 nitrogen and oxygen atoms in total. The monoisotopic (exact) mass is 331 g/mol. The molecule has 0 aromatic heterocycles. The number of nitriles is 1. The minimum atomic E-state index is 0.128. The molecule has 2 atom stereocenters. The van der Waals surface area contributed by atoms with Gasteiger partial charge in [-0.2, -0.15) is 5.26 Å². The lowest BCUT2D eigenvalue weighted by Gasteiger charge is -2.34. The highest BCUT2D eigenvalue weighted by Crippen LogP contribution is 2.40. The fourth-order valence-corrected chi connectivity index (χ4v) is 3.77. The van der Waals surface area contributed by atoms with Crippen molar-refractivity contribution >= 4 is 0 Å². The normalized spacial score (nSPS) is 20.6. The van der Waals surface area contributed by atoms with Crippen molar-refractivity contribution in [1.29, 1.82) is 5.26 Å². The summed E-state index contributed by atoms with van der Waals surface area (Å²) < 4.78 is 12.0. The standard InChI is InChI=1S/C22H21NO2/c1-2-4-20-19(12-18-7-6-15(14-23)11-22(18)25-20)17-9-8-16-5-3-10-24-21(16)13-17/h3,6-11,13,19-20H,2,4-5,12H2,1H3. The molecule has 0 saturated heterocycles. The molecule has 0 bridgehead atoms. The zero-order valence-electron chi connectivity index (χ0n) is 14.4. The Kier molecular flexibility index (Phi) is 4.19. The predicted molar refractivity (Wildman–Crippen MR) is 96.8 cm³/mol. The van der Waals surface area contributed by atoms with Crippen LogP contribution in [-0.4, -0.2) is 6.10 Å². The zero-order chi connectivity index (χ0) is 17.2. The summed E-state index contributed by atoms with van der Waals surface area (Å²) in [6.07, 6.45) is 7.86. The maximum absolute atomic E-state index is 9.13. The Morgan fingerprint density at radius 3 is 2.84 bits per heavy atom. The van der Waals surface area contributed by atoms with E-state index in [1.54, 1.807) is 6.26 Å². The number of ether oxygens (including phenoxy) is 2. The molecule has 4 rings (SSSR count). The fraction of sp³-hybridized carbons (Fsp3) is 0.318. The van der Waals surface area contributed by atoms with Crippen LogP contribution >= 0.6 is 0 Å². The highest BCUT2D eigenvalue weighted by atomic mass is 16.5. The van der Waals surface area contributed by atoms with Crippen LogP contribution in [0.25, 0.3) is 0 Å². The molecule has 0 saturated carbocycles. The summed E-state index contributed by atoms with van der Waals surface area (Å²) in [7, 11) is 0. The van der Waals surface area contributed by atoms with Gasteiger partial charge < -0.3 is 9.47 Å². The second-order valence-corrected chi connectivity index (χ2v) is 6.75. The van der Waals surface area contributed by atoms with Gasteiger partial charge in [-0.05, 0) is 60.2 Å². The quantitative estimate of drug-likeness (QED) is 0.804. The second kappa shape index (κ2) is 6.64. The van der Waals surface area contributed by atoms with Gasteiger partial charge in [-0.15, -0.1) is 0 Å². The molecule has 0 spiro atoms. The second-order valence-electron chi connectivity index (χ2n) is 6.75. The molecule has 2 heterocycles. The van der Waals surface area contributed by atoms with Crippen LogP contribution in [0.5, 0.6) is 11.5 Å². The molecule has 0 radical (unpaired) electrons. The lowest BCUT2D eigenvalue weighted by molar-refractivity contribution is 0.139. The van der Waals surface area contributed by atoms with Gasteiger partial charge in [0.05, 0.1) is 17.9 Å². The Labute approximate surface area is 148 Å². The molecular formula is C22H21NO2. The van der Waals surface area contributed by atoms with Crippen LogP contribution in [0, 0.1) is 11.3 Å². The maximum atomic E-state index is 9.13. The Morgan fingerprint density at radius 1 is 1.12 bits per heavy atom. The van der Waals surface area contributed by atoms with Gasteiger partial charge in [0.1, 0.15) is 17.6 Å². The van der Waals surface area contributed by atoms with Crippen LogP contribution in [0.1, 0.15) is 47.9 Å². The molecule has 2 aliphatic heterocycles. The van der Waals surface area contributed by atoms with Crippen LogP contribution in [0.15, 0.2) is 48.7 Å². The molecule has 2 aliphatic rings. The van der Waals surface area contributed by atoms with E-state index >= 15 is 0 Å². The van der Waals surface area contributed by atoms with Gasteiger partial charge in [0.25, 0.3) is 0 Å². The third kappa shape index (κ3) is 3.00. The number of rotatable bonds is 3. The molecule has 2 unspecified atom stereocenters. The van der Waals surface area contributed by atoms with Crippen LogP contribution in [0.3, 0.4) is 0 Å². The molecule has 25 heavy (non-hydrogen) atoms. The molecule has 0 fully saturated rings. The first-order valence-corrected chi connectivity index (χ1v) is 8.92. The van der Waals surface area contributed by atoms with E-state index in [1.807, 2.05) is 24.3 Å². The van der Waals surface area contributed by atoms with E-state index in [0.717, 1.165) is 37.2 Å². The lowest BCUT2D eigenvalue weighted by atomic mass is 9.82. The minimum Gasteiger partial charge on any atom is -0.489 e. The first-order chi connectivity index (χ1) is 12.3. The van der Waals surface area contributed by atoms with E-state index < -0.39 is 0 Å². The number of benzene rings is 2. The molecule has 0 aliphatic carbocycles. The summed E-state index contributed by atoms with van der Waals surface area (Å²) in [6, 6.07) is 14.5. The largest absolute Gasteiger partial charge is 0.489 e. The van der Waals surface area contributed by atoms with Gasteiger partial charge in [0.2, 0.25) is 0 Å². The molecule has 0 amide bonds. The van der Waals surface area contributed by atoms with Crippen molar-refractivity contribution in [2.24, 2.45) is 0 Å². The zero-order valence-corrected chi connectivity index (χ0v) is 14.4. The molecule has 126 valence electrons. The van der Waals surface area contributed by atoms with E-state index in [9.17, 15) is 0 Å². The molecule has 3 heteroatoms. The van der Waals surface area contributed by atoms with Gasteiger partial charge >= 0.3 is 0 Å². The van der Waals surface area contributed by atoms with E-state index in [4.69, 9.17) is 14.7 Å². The van der Waals surface area contributed by atoms with Crippen molar-refractivity contribution in [3.8, 4) is 17.6 Å². The van der Waals surface area contributed by atoms with Crippen LogP contribution < -0.4 is 9.47 Å². The number of hydrogen-bond acceptors (Lipinski definition) is 3. The van der Waals surface area contributed by atoms with Crippen molar-refractivity contribution in [2.75, 3.05) is 0 Å².